The summed E-state index contributed by atoms with van der Waals surface area (Å²) in [5.41, 5.74) is 1.09. The molecule has 0 aliphatic carbocycles. The van der Waals surface area contributed by atoms with E-state index in [0.29, 0.717) is 17.3 Å². The van der Waals surface area contributed by atoms with Gasteiger partial charge in [0.05, 0.1) is 12.8 Å². The van der Waals surface area contributed by atoms with Crippen LogP contribution in [0.2, 0.25) is 0 Å². The molecule has 4 nitrogen and oxygen atoms in total. The van der Waals surface area contributed by atoms with Gasteiger partial charge in [0.1, 0.15) is 11.6 Å². The zero-order valence-corrected chi connectivity index (χ0v) is 11.7. The van der Waals surface area contributed by atoms with Crippen molar-refractivity contribution in [3.05, 3.63) is 46.5 Å². The number of hydrogen-bond donors (Lipinski definition) is 1. The van der Waals surface area contributed by atoms with Crippen LogP contribution in [0.3, 0.4) is 0 Å². The second-order valence-corrected chi connectivity index (χ2v) is 5.43. The second kappa shape index (κ2) is 4.88. The lowest BCUT2D eigenvalue weighted by atomic mass is 9.95. The van der Waals surface area contributed by atoms with Crippen molar-refractivity contribution < 1.29 is 4.74 Å². The van der Waals surface area contributed by atoms with Crippen molar-refractivity contribution in [1.29, 1.82) is 0 Å². The highest BCUT2D eigenvalue weighted by atomic mass is 16.5. The van der Waals surface area contributed by atoms with Crippen LogP contribution in [0.25, 0.3) is 11.3 Å². The zero-order chi connectivity index (χ0) is 14.0. The minimum absolute atomic E-state index is 0.152. The maximum Gasteiger partial charge on any atom is 0.251 e. The highest BCUT2D eigenvalue weighted by molar-refractivity contribution is 5.66. The second-order valence-electron chi connectivity index (χ2n) is 5.43. The molecular weight excluding hydrogens is 240 g/mol. The van der Waals surface area contributed by atoms with Crippen molar-refractivity contribution in [3.63, 3.8) is 0 Å². The van der Waals surface area contributed by atoms with E-state index in [2.05, 4.69) is 9.97 Å². The third-order valence-electron chi connectivity index (χ3n) is 2.84. The van der Waals surface area contributed by atoms with Crippen molar-refractivity contribution in [2.45, 2.75) is 26.2 Å². The molecule has 0 atom stereocenters. The number of aromatic amines is 1. The van der Waals surface area contributed by atoms with Crippen LogP contribution in [-0.2, 0) is 5.41 Å². The standard InChI is InChI=1S/C15H18N2O2/c1-15(2,3)14-16-11(9-13(18)17-14)10-7-5-6-8-12(10)19-4/h5-9H,1-4H3,(H,16,17,18). The van der Waals surface area contributed by atoms with Crippen molar-refractivity contribution in [2.24, 2.45) is 0 Å². The molecule has 1 aromatic carbocycles. The molecule has 0 aliphatic heterocycles. The van der Waals surface area contributed by atoms with Crippen LogP contribution in [0.4, 0.5) is 0 Å². The molecule has 0 fully saturated rings. The molecule has 100 valence electrons. The number of hydrogen-bond acceptors (Lipinski definition) is 3. The van der Waals surface area contributed by atoms with Crippen LogP contribution < -0.4 is 10.3 Å². The Bertz CT molecular complexity index is 639. The molecule has 0 spiro atoms. The summed E-state index contributed by atoms with van der Waals surface area (Å²) in [6, 6.07) is 9.03. The molecule has 1 aromatic heterocycles. The van der Waals surface area contributed by atoms with Gasteiger partial charge in [0.25, 0.3) is 5.56 Å². The summed E-state index contributed by atoms with van der Waals surface area (Å²) in [5.74, 6) is 1.38. The molecule has 0 aliphatic rings. The summed E-state index contributed by atoms with van der Waals surface area (Å²) in [4.78, 5) is 19.1. The van der Waals surface area contributed by atoms with Crippen LogP contribution in [0, 0.1) is 0 Å². The van der Waals surface area contributed by atoms with Crippen LogP contribution >= 0.6 is 0 Å². The minimum Gasteiger partial charge on any atom is -0.496 e. The number of rotatable bonds is 2. The molecule has 0 bridgehead atoms. The number of para-hydroxylation sites is 1. The number of ether oxygens (including phenoxy) is 1. The van der Waals surface area contributed by atoms with Gasteiger partial charge < -0.3 is 9.72 Å². The van der Waals surface area contributed by atoms with Crippen LogP contribution in [0.15, 0.2) is 35.1 Å². The van der Waals surface area contributed by atoms with Crippen molar-refractivity contribution in [2.75, 3.05) is 7.11 Å². The first-order valence-corrected chi connectivity index (χ1v) is 6.17. The third-order valence-corrected chi connectivity index (χ3v) is 2.84. The van der Waals surface area contributed by atoms with E-state index in [-0.39, 0.29) is 11.0 Å². The summed E-state index contributed by atoms with van der Waals surface area (Å²) >= 11 is 0. The van der Waals surface area contributed by atoms with Gasteiger partial charge in [0.2, 0.25) is 0 Å². The third kappa shape index (κ3) is 2.84. The fourth-order valence-corrected chi connectivity index (χ4v) is 1.81. The Morgan fingerprint density at radius 1 is 1.21 bits per heavy atom. The first-order chi connectivity index (χ1) is 8.91. The number of nitrogens with zero attached hydrogens (tertiary/aromatic N) is 1. The average Bonchev–Trinajstić information content (AvgIpc) is 2.37. The van der Waals surface area contributed by atoms with E-state index < -0.39 is 0 Å². The normalized spacial score (nSPS) is 11.4. The monoisotopic (exact) mass is 258 g/mol. The van der Waals surface area contributed by atoms with Gasteiger partial charge in [-0.25, -0.2) is 4.98 Å². The molecule has 1 N–H and O–H groups in total. The zero-order valence-electron chi connectivity index (χ0n) is 11.7. The molecule has 0 radical (unpaired) electrons. The van der Waals surface area contributed by atoms with Gasteiger partial charge >= 0.3 is 0 Å². The fourth-order valence-electron chi connectivity index (χ4n) is 1.81. The molecule has 19 heavy (non-hydrogen) atoms. The van der Waals surface area contributed by atoms with Crippen LogP contribution in [0.5, 0.6) is 5.75 Å². The van der Waals surface area contributed by atoms with Gasteiger partial charge in [0, 0.05) is 17.0 Å². The molecule has 0 saturated carbocycles. The largest absolute Gasteiger partial charge is 0.496 e. The molecular formula is C15H18N2O2. The van der Waals surface area contributed by atoms with Gasteiger partial charge in [-0.3, -0.25) is 4.79 Å². The highest BCUT2D eigenvalue weighted by Gasteiger charge is 2.18. The van der Waals surface area contributed by atoms with E-state index in [4.69, 9.17) is 4.74 Å². The predicted octanol–water partition coefficient (Wildman–Crippen LogP) is 2.74. The molecule has 4 heteroatoms. The first kappa shape index (κ1) is 13.3. The van der Waals surface area contributed by atoms with E-state index >= 15 is 0 Å². The quantitative estimate of drug-likeness (QED) is 0.901. The number of nitrogens with one attached hydrogen (secondary N) is 1. The van der Waals surface area contributed by atoms with Gasteiger partial charge in [-0.15, -0.1) is 0 Å². The van der Waals surface area contributed by atoms with Gasteiger partial charge in [-0.1, -0.05) is 32.9 Å². The van der Waals surface area contributed by atoms with Crippen molar-refractivity contribution in [1.82, 2.24) is 9.97 Å². The van der Waals surface area contributed by atoms with Crippen LogP contribution in [0.1, 0.15) is 26.6 Å². The number of H-pyrrole nitrogens is 1. The number of aromatic nitrogens is 2. The topological polar surface area (TPSA) is 55.0 Å². The molecule has 0 amide bonds. The smallest absolute Gasteiger partial charge is 0.251 e. The number of benzene rings is 1. The fraction of sp³-hybridized carbons (Fsp3) is 0.333. The molecule has 0 unspecified atom stereocenters. The Kier molecular flexibility index (Phi) is 3.42. The van der Waals surface area contributed by atoms with Crippen molar-refractivity contribution >= 4 is 0 Å². The van der Waals surface area contributed by atoms with Gasteiger partial charge in [0.15, 0.2) is 0 Å². The Balaban J connectivity index is 2.63. The summed E-state index contributed by atoms with van der Waals surface area (Å²) < 4.78 is 5.31. The Morgan fingerprint density at radius 2 is 1.89 bits per heavy atom. The van der Waals surface area contributed by atoms with Crippen LogP contribution in [-0.4, -0.2) is 17.1 Å². The lowest BCUT2D eigenvalue weighted by Crippen LogP contribution is -2.22. The lowest BCUT2D eigenvalue weighted by molar-refractivity contribution is 0.416. The van der Waals surface area contributed by atoms with E-state index in [1.165, 1.54) is 6.07 Å². The lowest BCUT2D eigenvalue weighted by Gasteiger charge is -2.18. The summed E-state index contributed by atoms with van der Waals surface area (Å²) in [5, 5.41) is 0. The SMILES string of the molecule is COc1ccccc1-c1cc(=O)[nH]c(C(C)(C)C)n1. The van der Waals surface area contributed by atoms with E-state index in [1.54, 1.807) is 7.11 Å². The summed E-state index contributed by atoms with van der Waals surface area (Å²) in [7, 11) is 1.61. The Morgan fingerprint density at radius 3 is 2.53 bits per heavy atom. The summed E-state index contributed by atoms with van der Waals surface area (Å²) in [6.07, 6.45) is 0. The maximum atomic E-state index is 11.8. The average molecular weight is 258 g/mol. The Labute approximate surface area is 112 Å². The number of methoxy groups -OCH3 is 1. The molecule has 2 aromatic rings. The van der Waals surface area contributed by atoms with E-state index in [9.17, 15) is 4.79 Å². The van der Waals surface area contributed by atoms with Gasteiger partial charge in [-0.2, -0.15) is 0 Å². The van der Waals surface area contributed by atoms with Gasteiger partial charge in [-0.05, 0) is 12.1 Å². The Hall–Kier alpha value is -2.10. The molecule has 1 heterocycles. The van der Waals surface area contributed by atoms with E-state index in [0.717, 1.165) is 5.56 Å². The summed E-state index contributed by atoms with van der Waals surface area (Å²) in [6.45, 7) is 6.03. The highest BCUT2D eigenvalue weighted by Crippen LogP contribution is 2.28. The molecule has 2 rings (SSSR count). The van der Waals surface area contributed by atoms with E-state index in [1.807, 2.05) is 45.0 Å². The predicted molar refractivity (Wildman–Crippen MR) is 75.5 cm³/mol. The maximum absolute atomic E-state index is 11.8. The molecule has 0 saturated heterocycles. The first-order valence-electron chi connectivity index (χ1n) is 6.17. The minimum atomic E-state index is -0.211. The van der Waals surface area contributed by atoms with Crippen molar-refractivity contribution in [3.8, 4) is 17.0 Å².